The van der Waals surface area contributed by atoms with Gasteiger partial charge in [-0.25, -0.2) is 4.99 Å². The van der Waals surface area contributed by atoms with Gasteiger partial charge >= 0.3 is 0 Å². The second kappa shape index (κ2) is 7.95. The Balaban J connectivity index is 1.74. The second-order valence-electron chi connectivity index (χ2n) is 6.29. The van der Waals surface area contributed by atoms with E-state index in [4.69, 9.17) is 4.99 Å². The number of nitrogens with one attached hydrogen (secondary N) is 1. The Morgan fingerprint density at radius 1 is 1.25 bits per heavy atom. The lowest BCUT2D eigenvalue weighted by atomic mass is 10.00. The third-order valence-electron chi connectivity index (χ3n) is 4.44. The fraction of sp³-hybridized carbons (Fsp3) is 0.500. The van der Waals surface area contributed by atoms with E-state index in [2.05, 4.69) is 34.3 Å². The Labute approximate surface area is 143 Å². The summed E-state index contributed by atoms with van der Waals surface area (Å²) in [4.78, 5) is 7.15. The molecule has 1 fully saturated rings. The number of rotatable bonds is 4. The van der Waals surface area contributed by atoms with Crippen LogP contribution in [-0.4, -0.2) is 45.3 Å². The molecule has 2 heterocycles. The van der Waals surface area contributed by atoms with Gasteiger partial charge in [-0.2, -0.15) is 0 Å². The summed E-state index contributed by atoms with van der Waals surface area (Å²) in [7, 11) is 0. The number of aromatic nitrogens is 3. The van der Waals surface area contributed by atoms with Crippen LogP contribution in [0.1, 0.15) is 32.5 Å². The minimum absolute atomic E-state index is 0.517. The first-order valence-corrected chi connectivity index (χ1v) is 8.75. The van der Waals surface area contributed by atoms with Crippen molar-refractivity contribution in [2.45, 2.75) is 33.2 Å². The van der Waals surface area contributed by atoms with Crippen LogP contribution < -0.4 is 5.32 Å². The second-order valence-corrected chi connectivity index (χ2v) is 6.29. The highest BCUT2D eigenvalue weighted by Crippen LogP contribution is 2.16. The van der Waals surface area contributed by atoms with Crippen LogP contribution in [0, 0.1) is 5.92 Å². The standard InChI is InChI=1S/C18H26N6/c1-3-19-18(23-11-9-15(2)10-12-23)20-13-17-22-21-14-24(17)16-7-5-4-6-8-16/h4-8,14-15H,3,9-13H2,1-2H3,(H,19,20). The zero-order valence-corrected chi connectivity index (χ0v) is 14.5. The van der Waals surface area contributed by atoms with Gasteiger partial charge in [-0.15, -0.1) is 10.2 Å². The molecule has 0 unspecified atom stereocenters. The zero-order chi connectivity index (χ0) is 16.8. The summed E-state index contributed by atoms with van der Waals surface area (Å²) < 4.78 is 1.99. The largest absolute Gasteiger partial charge is 0.357 e. The lowest BCUT2D eigenvalue weighted by molar-refractivity contribution is 0.273. The van der Waals surface area contributed by atoms with Crippen molar-refractivity contribution in [2.24, 2.45) is 10.9 Å². The number of para-hydroxylation sites is 1. The van der Waals surface area contributed by atoms with Crippen LogP contribution >= 0.6 is 0 Å². The minimum Gasteiger partial charge on any atom is -0.357 e. The van der Waals surface area contributed by atoms with Gasteiger partial charge in [0.05, 0.1) is 0 Å². The molecular weight excluding hydrogens is 300 g/mol. The topological polar surface area (TPSA) is 58.3 Å². The van der Waals surface area contributed by atoms with Crippen molar-refractivity contribution in [1.29, 1.82) is 0 Å². The number of aliphatic imine (C=N–C) groups is 1. The minimum atomic E-state index is 0.517. The van der Waals surface area contributed by atoms with Crippen molar-refractivity contribution >= 4 is 5.96 Å². The smallest absolute Gasteiger partial charge is 0.194 e. The Hall–Kier alpha value is -2.37. The molecule has 0 amide bonds. The van der Waals surface area contributed by atoms with Crippen molar-refractivity contribution in [1.82, 2.24) is 25.0 Å². The zero-order valence-electron chi connectivity index (χ0n) is 14.5. The third kappa shape index (κ3) is 3.93. The van der Waals surface area contributed by atoms with Crippen molar-refractivity contribution in [2.75, 3.05) is 19.6 Å². The highest BCUT2D eigenvalue weighted by atomic mass is 15.3. The number of guanidine groups is 1. The third-order valence-corrected chi connectivity index (χ3v) is 4.44. The van der Waals surface area contributed by atoms with Crippen LogP contribution in [0.2, 0.25) is 0 Å². The van der Waals surface area contributed by atoms with E-state index in [1.54, 1.807) is 6.33 Å². The highest BCUT2D eigenvalue weighted by molar-refractivity contribution is 5.80. The summed E-state index contributed by atoms with van der Waals surface area (Å²) in [6, 6.07) is 10.1. The number of benzene rings is 1. The van der Waals surface area contributed by atoms with E-state index < -0.39 is 0 Å². The van der Waals surface area contributed by atoms with Crippen molar-refractivity contribution in [3.63, 3.8) is 0 Å². The number of likely N-dealkylation sites (tertiary alicyclic amines) is 1. The Morgan fingerprint density at radius 2 is 2.00 bits per heavy atom. The fourth-order valence-corrected chi connectivity index (χ4v) is 2.96. The average molecular weight is 326 g/mol. The molecule has 6 heteroatoms. The van der Waals surface area contributed by atoms with Crippen LogP contribution in [0.5, 0.6) is 0 Å². The quantitative estimate of drug-likeness (QED) is 0.693. The Morgan fingerprint density at radius 3 is 2.71 bits per heavy atom. The van der Waals surface area contributed by atoms with E-state index in [-0.39, 0.29) is 0 Å². The van der Waals surface area contributed by atoms with Gasteiger partial charge in [-0.1, -0.05) is 25.1 Å². The molecule has 1 N–H and O–H groups in total. The Bertz CT molecular complexity index is 655. The molecule has 2 aromatic rings. The van der Waals surface area contributed by atoms with Gasteiger partial charge in [0.1, 0.15) is 12.9 Å². The summed E-state index contributed by atoms with van der Waals surface area (Å²) in [5.41, 5.74) is 1.06. The maximum absolute atomic E-state index is 4.80. The van der Waals surface area contributed by atoms with E-state index in [9.17, 15) is 0 Å². The van der Waals surface area contributed by atoms with E-state index in [1.165, 1.54) is 12.8 Å². The number of hydrogen-bond donors (Lipinski definition) is 1. The summed E-state index contributed by atoms with van der Waals surface area (Å²) in [6.45, 7) is 7.95. The van der Waals surface area contributed by atoms with Gasteiger partial charge in [-0.3, -0.25) is 4.57 Å². The molecule has 1 aliphatic rings. The molecule has 128 valence electrons. The van der Waals surface area contributed by atoms with E-state index >= 15 is 0 Å². The van der Waals surface area contributed by atoms with Gasteiger partial charge in [0.25, 0.3) is 0 Å². The predicted molar refractivity (Wildman–Crippen MR) is 96.1 cm³/mol. The molecule has 0 bridgehead atoms. The van der Waals surface area contributed by atoms with Crippen LogP contribution in [-0.2, 0) is 6.54 Å². The fourth-order valence-electron chi connectivity index (χ4n) is 2.96. The first kappa shape index (κ1) is 16.5. The van der Waals surface area contributed by atoms with Crippen molar-refractivity contribution in [3.8, 4) is 5.69 Å². The number of nitrogens with zero attached hydrogens (tertiary/aromatic N) is 5. The SMILES string of the molecule is CCNC(=NCc1nncn1-c1ccccc1)N1CCC(C)CC1. The molecule has 1 aliphatic heterocycles. The van der Waals surface area contributed by atoms with Crippen molar-refractivity contribution < 1.29 is 0 Å². The van der Waals surface area contributed by atoms with E-state index in [1.807, 2.05) is 34.9 Å². The molecule has 0 saturated carbocycles. The Kier molecular flexibility index (Phi) is 5.46. The van der Waals surface area contributed by atoms with Gasteiger partial charge in [0.15, 0.2) is 11.8 Å². The maximum atomic E-state index is 4.80. The van der Waals surface area contributed by atoms with Crippen LogP contribution in [0.3, 0.4) is 0 Å². The first-order chi connectivity index (χ1) is 11.8. The highest BCUT2D eigenvalue weighted by Gasteiger charge is 2.18. The lowest BCUT2D eigenvalue weighted by Gasteiger charge is -2.32. The predicted octanol–water partition coefficient (Wildman–Crippen LogP) is 2.46. The number of piperidine rings is 1. The van der Waals surface area contributed by atoms with Crippen LogP contribution in [0.15, 0.2) is 41.7 Å². The molecule has 1 saturated heterocycles. The molecule has 6 nitrogen and oxygen atoms in total. The average Bonchev–Trinajstić information content (AvgIpc) is 3.09. The molecule has 0 atom stereocenters. The molecular formula is C18H26N6. The first-order valence-electron chi connectivity index (χ1n) is 8.75. The molecule has 3 rings (SSSR count). The summed E-state index contributed by atoms with van der Waals surface area (Å²) in [6.07, 6.45) is 4.20. The molecule has 1 aromatic carbocycles. The maximum Gasteiger partial charge on any atom is 0.194 e. The van der Waals surface area contributed by atoms with Gasteiger partial charge in [0, 0.05) is 25.3 Å². The molecule has 24 heavy (non-hydrogen) atoms. The van der Waals surface area contributed by atoms with E-state index in [0.717, 1.165) is 43.0 Å². The van der Waals surface area contributed by atoms with Crippen LogP contribution in [0.4, 0.5) is 0 Å². The van der Waals surface area contributed by atoms with Gasteiger partial charge < -0.3 is 10.2 Å². The summed E-state index contributed by atoms with van der Waals surface area (Å²) >= 11 is 0. The van der Waals surface area contributed by atoms with Crippen molar-refractivity contribution in [3.05, 3.63) is 42.5 Å². The summed E-state index contributed by atoms with van der Waals surface area (Å²) in [5, 5.41) is 11.7. The monoisotopic (exact) mass is 326 g/mol. The number of hydrogen-bond acceptors (Lipinski definition) is 3. The van der Waals surface area contributed by atoms with E-state index in [0.29, 0.717) is 6.54 Å². The van der Waals surface area contributed by atoms with Gasteiger partial charge in [0.2, 0.25) is 0 Å². The van der Waals surface area contributed by atoms with Crippen LogP contribution in [0.25, 0.3) is 5.69 Å². The molecule has 1 aromatic heterocycles. The lowest BCUT2D eigenvalue weighted by Crippen LogP contribution is -2.45. The molecule has 0 spiro atoms. The molecule has 0 aliphatic carbocycles. The van der Waals surface area contributed by atoms with Gasteiger partial charge in [-0.05, 0) is 37.8 Å². The summed E-state index contributed by atoms with van der Waals surface area (Å²) in [5.74, 6) is 2.64. The normalized spacial score (nSPS) is 16.4. The molecule has 0 radical (unpaired) electrons.